The van der Waals surface area contributed by atoms with Gasteiger partial charge in [0.1, 0.15) is 4.21 Å². The molecule has 0 unspecified atom stereocenters. The zero-order valence-corrected chi connectivity index (χ0v) is 13.4. The first-order valence-corrected chi connectivity index (χ1v) is 9.36. The van der Waals surface area contributed by atoms with Crippen molar-refractivity contribution in [3.8, 4) is 0 Å². The van der Waals surface area contributed by atoms with Gasteiger partial charge in [-0.1, -0.05) is 0 Å². The number of nitrogens with one attached hydrogen (secondary N) is 1. The topological polar surface area (TPSA) is 72.5 Å². The van der Waals surface area contributed by atoms with Crippen LogP contribution in [-0.2, 0) is 13.8 Å². The van der Waals surface area contributed by atoms with Crippen LogP contribution in [0.1, 0.15) is 29.6 Å². The minimum absolute atomic E-state index is 0.00941. The fraction of sp³-hybridized carbons (Fsp3) is 0.583. The lowest BCUT2D eigenvalue weighted by atomic mass is 10.0. The van der Waals surface area contributed by atoms with Gasteiger partial charge in [0.15, 0.2) is 0 Å². The molecule has 8 heteroatoms. The van der Waals surface area contributed by atoms with Crippen LogP contribution in [0.3, 0.4) is 0 Å². The van der Waals surface area contributed by atoms with E-state index in [4.69, 9.17) is 15.4 Å². The van der Waals surface area contributed by atoms with Crippen LogP contribution in [-0.4, -0.2) is 34.6 Å². The molecule has 1 saturated carbocycles. The summed E-state index contributed by atoms with van der Waals surface area (Å²) < 4.78 is 27.3. The van der Waals surface area contributed by atoms with Crippen molar-refractivity contribution in [1.82, 2.24) is 5.32 Å². The Hall–Kier alpha value is -0.630. The first-order chi connectivity index (χ1) is 9.36. The molecule has 1 heterocycles. The van der Waals surface area contributed by atoms with Crippen LogP contribution in [0.15, 0.2) is 15.7 Å². The van der Waals surface area contributed by atoms with E-state index in [1.807, 2.05) is 0 Å². The van der Waals surface area contributed by atoms with Gasteiger partial charge in [-0.25, -0.2) is 8.42 Å². The lowest BCUT2D eigenvalue weighted by molar-refractivity contribution is 0.0938. The summed E-state index contributed by atoms with van der Waals surface area (Å²) in [6, 6.07) is 1.30. The van der Waals surface area contributed by atoms with Crippen molar-refractivity contribution < 1.29 is 17.9 Å². The van der Waals surface area contributed by atoms with Gasteiger partial charge in [-0.05, 0) is 30.7 Å². The summed E-state index contributed by atoms with van der Waals surface area (Å²) in [6.45, 7) is 1.27. The minimum Gasteiger partial charge on any atom is -0.385 e. The molecule has 1 aliphatic carbocycles. The third kappa shape index (κ3) is 3.94. The van der Waals surface area contributed by atoms with E-state index in [9.17, 15) is 13.2 Å². The highest BCUT2D eigenvalue weighted by Crippen LogP contribution is 2.48. The van der Waals surface area contributed by atoms with Crippen LogP contribution >= 0.6 is 22.0 Å². The van der Waals surface area contributed by atoms with Gasteiger partial charge < -0.3 is 10.1 Å². The molecule has 0 bridgehead atoms. The van der Waals surface area contributed by atoms with Gasteiger partial charge in [0.2, 0.25) is 0 Å². The SMILES string of the molecule is COCCC1(CNC(=O)c2csc(S(=O)(=O)Cl)c2)CC1. The van der Waals surface area contributed by atoms with Crippen LogP contribution in [0.2, 0.25) is 0 Å². The lowest BCUT2D eigenvalue weighted by Crippen LogP contribution is -2.30. The summed E-state index contributed by atoms with van der Waals surface area (Å²) in [4.78, 5) is 12.0. The fourth-order valence-corrected chi connectivity index (χ4v) is 3.89. The number of hydrogen-bond donors (Lipinski definition) is 1. The Labute approximate surface area is 126 Å². The third-order valence-electron chi connectivity index (χ3n) is 3.50. The van der Waals surface area contributed by atoms with Gasteiger partial charge in [0, 0.05) is 36.3 Å². The smallest absolute Gasteiger partial charge is 0.270 e. The zero-order valence-electron chi connectivity index (χ0n) is 11.0. The molecule has 0 saturated heterocycles. The van der Waals surface area contributed by atoms with E-state index in [2.05, 4.69) is 5.32 Å². The molecule has 0 spiro atoms. The summed E-state index contributed by atoms with van der Waals surface area (Å²) in [5.41, 5.74) is 0.486. The second-order valence-electron chi connectivity index (χ2n) is 5.02. The molecule has 1 amide bonds. The monoisotopic (exact) mass is 337 g/mol. The minimum atomic E-state index is -3.76. The molecular formula is C12H16ClNO4S2. The van der Waals surface area contributed by atoms with Crippen molar-refractivity contribution in [3.63, 3.8) is 0 Å². The van der Waals surface area contributed by atoms with Crippen LogP contribution in [0.25, 0.3) is 0 Å². The van der Waals surface area contributed by atoms with Crippen LogP contribution in [0.4, 0.5) is 0 Å². The Morgan fingerprint density at radius 1 is 1.55 bits per heavy atom. The number of rotatable bonds is 7. The second kappa shape index (κ2) is 6.01. The number of amides is 1. The highest BCUT2D eigenvalue weighted by molar-refractivity contribution is 8.15. The molecule has 0 aliphatic heterocycles. The lowest BCUT2D eigenvalue weighted by Gasteiger charge is -2.15. The summed E-state index contributed by atoms with van der Waals surface area (Å²) in [5.74, 6) is -0.267. The maximum atomic E-state index is 12.0. The summed E-state index contributed by atoms with van der Waals surface area (Å²) >= 11 is 0.947. The molecule has 1 N–H and O–H groups in total. The number of carbonyl (C=O) groups is 1. The van der Waals surface area contributed by atoms with E-state index in [0.29, 0.717) is 18.7 Å². The van der Waals surface area contributed by atoms with E-state index in [-0.39, 0.29) is 15.5 Å². The molecule has 0 atom stereocenters. The number of methoxy groups -OCH3 is 1. The first-order valence-electron chi connectivity index (χ1n) is 6.17. The van der Waals surface area contributed by atoms with Crippen molar-refractivity contribution in [1.29, 1.82) is 0 Å². The number of halogens is 1. The highest BCUT2D eigenvalue weighted by Gasteiger charge is 2.42. The van der Waals surface area contributed by atoms with Gasteiger partial charge in [-0.15, -0.1) is 11.3 Å². The van der Waals surface area contributed by atoms with Gasteiger partial charge in [0.25, 0.3) is 15.0 Å². The number of ether oxygens (including phenoxy) is 1. The van der Waals surface area contributed by atoms with Crippen molar-refractivity contribution in [2.24, 2.45) is 5.41 Å². The Morgan fingerprint density at radius 3 is 2.75 bits per heavy atom. The Balaban J connectivity index is 1.91. The summed E-state index contributed by atoms with van der Waals surface area (Å²) in [7, 11) is 3.13. The maximum absolute atomic E-state index is 12.0. The standard InChI is InChI=1S/C12H16ClNO4S2/c1-18-5-4-12(2-3-12)8-14-11(15)9-6-10(19-7-9)20(13,16)17/h6-7H,2-5,8H2,1H3,(H,14,15). The summed E-state index contributed by atoms with van der Waals surface area (Å²) in [5, 5.41) is 4.35. The van der Waals surface area contributed by atoms with Gasteiger partial charge in [-0.3, -0.25) is 4.79 Å². The molecule has 5 nitrogen and oxygen atoms in total. The molecule has 1 fully saturated rings. The van der Waals surface area contributed by atoms with Crippen molar-refractivity contribution >= 4 is 37.0 Å². The predicted molar refractivity (Wildman–Crippen MR) is 77.9 cm³/mol. The number of thiophene rings is 1. The normalized spacial score (nSPS) is 16.9. The molecular weight excluding hydrogens is 322 g/mol. The molecule has 112 valence electrons. The molecule has 1 aromatic heterocycles. The zero-order chi connectivity index (χ0) is 14.8. The Morgan fingerprint density at radius 2 is 2.25 bits per heavy atom. The molecule has 2 rings (SSSR count). The Bertz CT molecular complexity index is 592. The predicted octanol–water partition coefficient (Wildman–Crippen LogP) is 2.22. The van der Waals surface area contributed by atoms with E-state index in [1.54, 1.807) is 7.11 Å². The number of carbonyl (C=O) groups excluding carboxylic acids is 1. The first kappa shape index (κ1) is 15.8. The second-order valence-corrected chi connectivity index (χ2v) is 8.72. The largest absolute Gasteiger partial charge is 0.385 e. The van der Waals surface area contributed by atoms with Crippen molar-refractivity contribution in [2.45, 2.75) is 23.5 Å². The van der Waals surface area contributed by atoms with Crippen molar-refractivity contribution in [2.75, 3.05) is 20.3 Å². The maximum Gasteiger partial charge on any atom is 0.270 e. The van der Waals surface area contributed by atoms with E-state index in [0.717, 1.165) is 30.6 Å². The van der Waals surface area contributed by atoms with E-state index in [1.165, 1.54) is 11.4 Å². The van der Waals surface area contributed by atoms with Crippen LogP contribution in [0, 0.1) is 5.41 Å². The van der Waals surface area contributed by atoms with Crippen LogP contribution in [0.5, 0.6) is 0 Å². The quantitative estimate of drug-likeness (QED) is 0.774. The van der Waals surface area contributed by atoms with Gasteiger partial charge in [-0.2, -0.15) is 0 Å². The Kier molecular flexibility index (Phi) is 4.73. The summed E-state index contributed by atoms with van der Waals surface area (Å²) in [6.07, 6.45) is 3.10. The molecule has 1 aromatic rings. The van der Waals surface area contributed by atoms with Gasteiger partial charge >= 0.3 is 0 Å². The van der Waals surface area contributed by atoms with E-state index >= 15 is 0 Å². The van der Waals surface area contributed by atoms with E-state index < -0.39 is 9.05 Å². The molecule has 1 aliphatic rings. The fourth-order valence-electron chi connectivity index (χ4n) is 1.94. The van der Waals surface area contributed by atoms with Gasteiger partial charge in [0.05, 0.1) is 5.56 Å². The average molecular weight is 338 g/mol. The molecule has 20 heavy (non-hydrogen) atoms. The van der Waals surface area contributed by atoms with Crippen molar-refractivity contribution in [3.05, 3.63) is 17.0 Å². The molecule has 0 aromatic carbocycles. The average Bonchev–Trinajstić information content (AvgIpc) is 2.96. The highest BCUT2D eigenvalue weighted by atomic mass is 35.7. The van der Waals surface area contributed by atoms with Crippen LogP contribution < -0.4 is 5.32 Å². The number of hydrogen-bond acceptors (Lipinski definition) is 5. The molecule has 0 radical (unpaired) electrons. The third-order valence-corrected chi connectivity index (χ3v) is 6.54.